The number of phenolic OH excluding ortho intramolecular Hbond substituents is 1. The Balaban J connectivity index is 1.35. The van der Waals surface area contributed by atoms with Gasteiger partial charge >= 0.3 is 0 Å². The molecule has 2 saturated carbocycles. The molecule has 4 rings (SSSR count). The maximum atomic E-state index is 9.40. The standard InChI is InChI=1S/C19H24N2OS/c22-17-5-3-14(4-6-17)15-7-9-21(10-8-15)19(23)20-18-12-13-1-2-16(18)11-13/h3-7,13,16,18,22H,1-2,8-12H2,(H,20,23)/t13-,16-,18-/m0/s1. The molecule has 2 bridgehead atoms. The number of hydrogen-bond acceptors (Lipinski definition) is 2. The molecule has 3 aliphatic rings. The minimum absolute atomic E-state index is 0.322. The molecule has 1 aromatic rings. The van der Waals surface area contributed by atoms with Crippen LogP contribution in [-0.4, -0.2) is 34.3 Å². The van der Waals surface area contributed by atoms with Gasteiger partial charge in [0.05, 0.1) is 0 Å². The predicted octanol–water partition coefficient (Wildman–Crippen LogP) is 3.54. The van der Waals surface area contributed by atoms with Gasteiger partial charge in [0.1, 0.15) is 5.75 Å². The van der Waals surface area contributed by atoms with Crippen molar-refractivity contribution in [3.05, 3.63) is 35.9 Å². The summed E-state index contributed by atoms with van der Waals surface area (Å²) in [6.45, 7) is 1.85. The van der Waals surface area contributed by atoms with E-state index in [2.05, 4.69) is 16.3 Å². The smallest absolute Gasteiger partial charge is 0.169 e. The summed E-state index contributed by atoms with van der Waals surface area (Å²) in [7, 11) is 0. The average molecular weight is 328 g/mol. The first-order valence-corrected chi connectivity index (χ1v) is 9.14. The van der Waals surface area contributed by atoms with Crippen LogP contribution in [0.15, 0.2) is 30.3 Å². The van der Waals surface area contributed by atoms with Crippen LogP contribution >= 0.6 is 12.2 Å². The molecule has 3 atom stereocenters. The van der Waals surface area contributed by atoms with E-state index < -0.39 is 0 Å². The van der Waals surface area contributed by atoms with Crippen molar-refractivity contribution in [2.75, 3.05) is 13.1 Å². The molecule has 0 unspecified atom stereocenters. The molecule has 2 aliphatic carbocycles. The van der Waals surface area contributed by atoms with Crippen molar-refractivity contribution < 1.29 is 5.11 Å². The number of phenols is 1. The van der Waals surface area contributed by atoms with E-state index in [1.165, 1.54) is 36.8 Å². The molecular weight excluding hydrogens is 304 g/mol. The molecule has 122 valence electrons. The van der Waals surface area contributed by atoms with Crippen LogP contribution in [-0.2, 0) is 0 Å². The number of aromatic hydroxyl groups is 1. The fourth-order valence-corrected chi connectivity index (χ4v) is 4.78. The number of nitrogens with zero attached hydrogens (tertiary/aromatic N) is 1. The van der Waals surface area contributed by atoms with E-state index >= 15 is 0 Å². The highest BCUT2D eigenvalue weighted by Crippen LogP contribution is 2.44. The third kappa shape index (κ3) is 3.09. The third-order valence-corrected chi connectivity index (χ3v) is 6.16. The van der Waals surface area contributed by atoms with Crippen LogP contribution in [0.1, 0.15) is 37.7 Å². The lowest BCUT2D eigenvalue weighted by Crippen LogP contribution is -2.47. The largest absolute Gasteiger partial charge is 0.508 e. The Morgan fingerprint density at radius 1 is 1.17 bits per heavy atom. The van der Waals surface area contributed by atoms with Crippen LogP contribution in [0.2, 0.25) is 0 Å². The van der Waals surface area contributed by atoms with Crippen LogP contribution in [0.5, 0.6) is 5.75 Å². The molecule has 2 fully saturated rings. The Hall–Kier alpha value is -1.55. The molecule has 0 spiro atoms. The highest BCUT2D eigenvalue weighted by atomic mass is 32.1. The van der Waals surface area contributed by atoms with Crippen molar-refractivity contribution in [1.29, 1.82) is 0 Å². The van der Waals surface area contributed by atoms with Crippen LogP contribution in [0.3, 0.4) is 0 Å². The number of rotatable bonds is 2. The van der Waals surface area contributed by atoms with Crippen molar-refractivity contribution in [2.24, 2.45) is 11.8 Å². The van der Waals surface area contributed by atoms with Crippen LogP contribution in [0.25, 0.3) is 5.57 Å². The zero-order valence-electron chi connectivity index (χ0n) is 13.4. The fraction of sp³-hybridized carbons (Fsp3) is 0.526. The predicted molar refractivity (Wildman–Crippen MR) is 97.2 cm³/mol. The summed E-state index contributed by atoms with van der Waals surface area (Å²) in [6, 6.07) is 8.10. The minimum Gasteiger partial charge on any atom is -0.508 e. The van der Waals surface area contributed by atoms with Crippen molar-refractivity contribution in [2.45, 2.75) is 38.1 Å². The number of thiocarbonyl (C=S) groups is 1. The van der Waals surface area contributed by atoms with Crippen LogP contribution < -0.4 is 5.32 Å². The maximum Gasteiger partial charge on any atom is 0.169 e. The third-order valence-electron chi connectivity index (χ3n) is 5.78. The lowest BCUT2D eigenvalue weighted by molar-refractivity contribution is 0.367. The molecule has 0 saturated heterocycles. The lowest BCUT2D eigenvalue weighted by Gasteiger charge is -2.33. The summed E-state index contributed by atoms with van der Waals surface area (Å²) in [5.41, 5.74) is 2.55. The summed E-state index contributed by atoms with van der Waals surface area (Å²) in [6.07, 6.45) is 8.81. The first kappa shape index (κ1) is 15.0. The molecule has 23 heavy (non-hydrogen) atoms. The van der Waals surface area contributed by atoms with Gasteiger partial charge in [-0.1, -0.05) is 24.6 Å². The van der Waals surface area contributed by atoms with E-state index in [9.17, 15) is 5.11 Å². The van der Waals surface area contributed by atoms with Gasteiger partial charge in [-0.2, -0.15) is 0 Å². The maximum absolute atomic E-state index is 9.40. The monoisotopic (exact) mass is 328 g/mol. The van der Waals surface area contributed by atoms with E-state index in [0.29, 0.717) is 11.8 Å². The fourth-order valence-electron chi connectivity index (χ4n) is 4.46. The molecule has 3 nitrogen and oxygen atoms in total. The van der Waals surface area contributed by atoms with Gasteiger partial charge in [0.25, 0.3) is 0 Å². The molecule has 0 aromatic heterocycles. The number of fused-ring (bicyclic) bond motifs is 2. The van der Waals surface area contributed by atoms with E-state index in [1.54, 1.807) is 12.1 Å². The van der Waals surface area contributed by atoms with Gasteiger partial charge in [-0.15, -0.1) is 0 Å². The highest BCUT2D eigenvalue weighted by molar-refractivity contribution is 7.80. The van der Waals surface area contributed by atoms with Crippen molar-refractivity contribution in [3.63, 3.8) is 0 Å². The van der Waals surface area contributed by atoms with Gasteiger partial charge in [0.15, 0.2) is 5.11 Å². The molecule has 4 heteroatoms. The van der Waals surface area contributed by atoms with E-state index in [-0.39, 0.29) is 0 Å². The Morgan fingerprint density at radius 3 is 2.61 bits per heavy atom. The van der Waals surface area contributed by atoms with Gasteiger partial charge in [-0.25, -0.2) is 0 Å². The Labute approximate surface area is 143 Å². The SMILES string of the molecule is Oc1ccc(C2=CCN(C(=S)N[C@H]3C[C@H]4CC[C@H]3C4)CC2)cc1. The Bertz CT molecular complexity index is 625. The Kier molecular flexibility index (Phi) is 4.02. The second kappa shape index (κ2) is 6.16. The molecule has 1 aromatic carbocycles. The molecule has 0 amide bonds. The highest BCUT2D eigenvalue weighted by Gasteiger charge is 2.40. The minimum atomic E-state index is 0.322. The number of hydrogen-bond donors (Lipinski definition) is 2. The van der Waals surface area contributed by atoms with Gasteiger partial charge in [-0.05, 0) is 73.0 Å². The topological polar surface area (TPSA) is 35.5 Å². The molecule has 0 radical (unpaired) electrons. The normalized spacial score (nSPS) is 29.5. The molecule has 2 N–H and O–H groups in total. The average Bonchev–Trinajstić information content (AvgIpc) is 3.18. The van der Waals surface area contributed by atoms with Crippen molar-refractivity contribution >= 4 is 22.9 Å². The van der Waals surface area contributed by atoms with Crippen molar-refractivity contribution in [3.8, 4) is 5.75 Å². The van der Waals surface area contributed by atoms with E-state index in [1.807, 2.05) is 12.1 Å². The summed E-state index contributed by atoms with van der Waals surface area (Å²) in [4.78, 5) is 2.28. The summed E-state index contributed by atoms with van der Waals surface area (Å²) in [5.74, 6) is 2.12. The molecule has 1 heterocycles. The van der Waals surface area contributed by atoms with Crippen molar-refractivity contribution in [1.82, 2.24) is 10.2 Å². The van der Waals surface area contributed by atoms with Gasteiger partial charge in [0, 0.05) is 19.1 Å². The summed E-state index contributed by atoms with van der Waals surface area (Å²) < 4.78 is 0. The first-order valence-electron chi connectivity index (χ1n) is 8.73. The van der Waals surface area contributed by atoms with Crippen LogP contribution in [0.4, 0.5) is 0 Å². The molecule has 1 aliphatic heterocycles. The number of nitrogens with one attached hydrogen (secondary N) is 1. The van der Waals surface area contributed by atoms with Gasteiger partial charge in [0.2, 0.25) is 0 Å². The molecular formula is C19H24N2OS. The second-order valence-electron chi connectivity index (χ2n) is 7.20. The zero-order valence-corrected chi connectivity index (χ0v) is 14.2. The Morgan fingerprint density at radius 2 is 2.00 bits per heavy atom. The van der Waals surface area contributed by atoms with E-state index in [4.69, 9.17) is 12.2 Å². The quantitative estimate of drug-likeness (QED) is 0.814. The van der Waals surface area contributed by atoms with Gasteiger partial charge < -0.3 is 15.3 Å². The first-order chi connectivity index (χ1) is 11.2. The zero-order chi connectivity index (χ0) is 15.8. The van der Waals surface area contributed by atoms with Crippen LogP contribution in [0, 0.1) is 11.8 Å². The summed E-state index contributed by atoms with van der Waals surface area (Å²) >= 11 is 5.65. The summed E-state index contributed by atoms with van der Waals surface area (Å²) in [5, 5.41) is 14.0. The lowest BCUT2D eigenvalue weighted by atomic mass is 9.95. The number of benzene rings is 1. The second-order valence-corrected chi connectivity index (χ2v) is 7.59. The van der Waals surface area contributed by atoms with E-state index in [0.717, 1.165) is 36.5 Å². The van der Waals surface area contributed by atoms with Gasteiger partial charge in [-0.3, -0.25) is 0 Å².